The second kappa shape index (κ2) is 4.33. The molecule has 0 saturated heterocycles. The highest BCUT2D eigenvalue weighted by atomic mass is 79.9. The van der Waals surface area contributed by atoms with Crippen LogP contribution in [-0.2, 0) is 6.42 Å². The molecule has 0 bridgehead atoms. The lowest BCUT2D eigenvalue weighted by Crippen LogP contribution is -2.17. The molecule has 0 aromatic heterocycles. The number of fused-ring (bicyclic) bond motifs is 1. The van der Waals surface area contributed by atoms with Crippen LogP contribution < -0.4 is 5.73 Å². The molecule has 1 unspecified atom stereocenters. The molecule has 0 heterocycles. The van der Waals surface area contributed by atoms with E-state index in [1.165, 1.54) is 16.3 Å². The van der Waals surface area contributed by atoms with Crippen LogP contribution in [0.1, 0.15) is 12.5 Å². The highest BCUT2D eigenvalue weighted by Crippen LogP contribution is 2.25. The van der Waals surface area contributed by atoms with Gasteiger partial charge in [-0.1, -0.05) is 40.2 Å². The van der Waals surface area contributed by atoms with Gasteiger partial charge in [0.05, 0.1) is 0 Å². The third-order valence-corrected chi connectivity index (χ3v) is 3.14. The second-order valence-electron chi connectivity index (χ2n) is 3.98. The van der Waals surface area contributed by atoms with Crippen molar-refractivity contribution < 1.29 is 0 Å². The molecule has 0 aliphatic rings. The van der Waals surface area contributed by atoms with Crippen LogP contribution in [0.15, 0.2) is 40.9 Å². The molecule has 2 heteroatoms. The number of nitrogens with two attached hydrogens (primary N) is 1. The van der Waals surface area contributed by atoms with Crippen LogP contribution in [0.5, 0.6) is 0 Å². The summed E-state index contributed by atoms with van der Waals surface area (Å²) in [5.74, 6) is 0. The molecule has 2 aromatic rings. The Morgan fingerprint density at radius 3 is 2.80 bits per heavy atom. The fourth-order valence-electron chi connectivity index (χ4n) is 1.78. The highest BCUT2D eigenvalue weighted by molar-refractivity contribution is 9.10. The largest absolute Gasteiger partial charge is 0.328 e. The minimum Gasteiger partial charge on any atom is -0.328 e. The standard InChI is InChI=1S/C13H14BrN/c1-9(15)7-10-5-6-11-3-2-4-13(14)12(11)8-10/h2-6,8-9H,7,15H2,1H3. The lowest BCUT2D eigenvalue weighted by atomic mass is 10.0. The van der Waals surface area contributed by atoms with E-state index in [1.54, 1.807) is 0 Å². The number of halogens is 1. The molecule has 0 fully saturated rings. The Morgan fingerprint density at radius 1 is 1.27 bits per heavy atom. The van der Waals surface area contributed by atoms with Gasteiger partial charge >= 0.3 is 0 Å². The van der Waals surface area contributed by atoms with Crippen LogP contribution in [0.25, 0.3) is 10.8 Å². The lowest BCUT2D eigenvalue weighted by molar-refractivity contribution is 0.739. The molecule has 0 amide bonds. The topological polar surface area (TPSA) is 26.0 Å². The quantitative estimate of drug-likeness (QED) is 0.882. The van der Waals surface area contributed by atoms with E-state index in [2.05, 4.69) is 52.3 Å². The summed E-state index contributed by atoms with van der Waals surface area (Å²) in [6.45, 7) is 2.03. The molecule has 0 saturated carbocycles. The predicted octanol–water partition coefficient (Wildman–Crippen LogP) is 3.49. The molecule has 2 N–H and O–H groups in total. The van der Waals surface area contributed by atoms with Crippen LogP contribution >= 0.6 is 15.9 Å². The lowest BCUT2D eigenvalue weighted by Gasteiger charge is -2.07. The third-order valence-electron chi connectivity index (χ3n) is 2.45. The van der Waals surface area contributed by atoms with Gasteiger partial charge in [0, 0.05) is 10.5 Å². The Kier molecular flexibility index (Phi) is 3.08. The van der Waals surface area contributed by atoms with Crippen molar-refractivity contribution in [1.82, 2.24) is 0 Å². The fraction of sp³-hybridized carbons (Fsp3) is 0.231. The van der Waals surface area contributed by atoms with Gasteiger partial charge in [0.25, 0.3) is 0 Å². The monoisotopic (exact) mass is 263 g/mol. The van der Waals surface area contributed by atoms with Gasteiger partial charge in [-0.15, -0.1) is 0 Å². The highest BCUT2D eigenvalue weighted by Gasteiger charge is 2.01. The Hall–Kier alpha value is -0.860. The molecule has 2 aromatic carbocycles. The zero-order chi connectivity index (χ0) is 10.8. The first kappa shape index (κ1) is 10.7. The van der Waals surface area contributed by atoms with Gasteiger partial charge in [-0.2, -0.15) is 0 Å². The van der Waals surface area contributed by atoms with Crippen LogP contribution in [0.4, 0.5) is 0 Å². The van der Waals surface area contributed by atoms with Crippen molar-refractivity contribution in [2.24, 2.45) is 5.73 Å². The average Bonchev–Trinajstić information content (AvgIpc) is 2.18. The minimum atomic E-state index is 0.213. The first-order valence-corrected chi connectivity index (χ1v) is 5.89. The van der Waals surface area contributed by atoms with Crippen molar-refractivity contribution >= 4 is 26.7 Å². The summed E-state index contributed by atoms with van der Waals surface area (Å²) < 4.78 is 1.14. The van der Waals surface area contributed by atoms with Gasteiger partial charge in [-0.25, -0.2) is 0 Å². The average molecular weight is 264 g/mol. The van der Waals surface area contributed by atoms with E-state index >= 15 is 0 Å². The Morgan fingerprint density at radius 2 is 2.07 bits per heavy atom. The predicted molar refractivity (Wildman–Crippen MR) is 69.0 cm³/mol. The van der Waals surface area contributed by atoms with Gasteiger partial charge < -0.3 is 5.73 Å². The van der Waals surface area contributed by atoms with Crippen molar-refractivity contribution in [3.63, 3.8) is 0 Å². The van der Waals surface area contributed by atoms with E-state index in [1.807, 2.05) is 6.92 Å². The third kappa shape index (κ3) is 2.39. The van der Waals surface area contributed by atoms with E-state index in [9.17, 15) is 0 Å². The molecule has 1 nitrogen and oxygen atoms in total. The first-order valence-electron chi connectivity index (χ1n) is 5.09. The van der Waals surface area contributed by atoms with Crippen molar-refractivity contribution in [1.29, 1.82) is 0 Å². The number of hydrogen-bond donors (Lipinski definition) is 1. The molecule has 0 spiro atoms. The van der Waals surface area contributed by atoms with Gasteiger partial charge in [0.1, 0.15) is 0 Å². The van der Waals surface area contributed by atoms with Crippen LogP contribution in [0.3, 0.4) is 0 Å². The maximum atomic E-state index is 5.79. The van der Waals surface area contributed by atoms with Gasteiger partial charge in [0.2, 0.25) is 0 Å². The van der Waals surface area contributed by atoms with Crippen LogP contribution in [0.2, 0.25) is 0 Å². The van der Waals surface area contributed by atoms with E-state index in [-0.39, 0.29) is 6.04 Å². The summed E-state index contributed by atoms with van der Waals surface area (Å²) in [4.78, 5) is 0. The van der Waals surface area contributed by atoms with Gasteiger partial charge in [-0.3, -0.25) is 0 Å². The molecular weight excluding hydrogens is 250 g/mol. The Labute approximate surface area is 98.4 Å². The fourth-order valence-corrected chi connectivity index (χ4v) is 2.28. The summed E-state index contributed by atoms with van der Waals surface area (Å²) in [6.07, 6.45) is 0.928. The molecule has 1 atom stereocenters. The van der Waals surface area contributed by atoms with Gasteiger partial charge in [-0.05, 0) is 41.8 Å². The zero-order valence-corrected chi connectivity index (χ0v) is 10.3. The van der Waals surface area contributed by atoms with E-state index < -0.39 is 0 Å². The van der Waals surface area contributed by atoms with E-state index in [4.69, 9.17) is 5.73 Å². The van der Waals surface area contributed by atoms with Crippen LogP contribution in [0, 0.1) is 0 Å². The van der Waals surface area contributed by atoms with Crippen LogP contribution in [-0.4, -0.2) is 6.04 Å². The maximum absolute atomic E-state index is 5.79. The van der Waals surface area contributed by atoms with E-state index in [0.717, 1.165) is 10.9 Å². The zero-order valence-electron chi connectivity index (χ0n) is 8.70. The number of rotatable bonds is 2. The number of hydrogen-bond acceptors (Lipinski definition) is 1. The SMILES string of the molecule is CC(N)Cc1ccc2cccc(Br)c2c1. The summed E-state index contributed by atoms with van der Waals surface area (Å²) >= 11 is 3.57. The molecule has 2 rings (SSSR count). The summed E-state index contributed by atoms with van der Waals surface area (Å²) in [7, 11) is 0. The van der Waals surface area contributed by atoms with E-state index in [0.29, 0.717) is 0 Å². The molecule has 0 radical (unpaired) electrons. The van der Waals surface area contributed by atoms with Gasteiger partial charge in [0.15, 0.2) is 0 Å². The molecule has 78 valence electrons. The Bertz CT molecular complexity index is 477. The van der Waals surface area contributed by atoms with Crippen molar-refractivity contribution in [3.8, 4) is 0 Å². The molecule has 0 aliphatic heterocycles. The maximum Gasteiger partial charge on any atom is 0.0253 e. The smallest absolute Gasteiger partial charge is 0.0253 e. The van der Waals surface area contributed by atoms with Crippen molar-refractivity contribution in [3.05, 3.63) is 46.4 Å². The first-order chi connectivity index (χ1) is 7.16. The summed E-state index contributed by atoms with van der Waals surface area (Å²) in [5.41, 5.74) is 7.09. The normalized spacial score (nSPS) is 13.0. The minimum absolute atomic E-state index is 0.213. The van der Waals surface area contributed by atoms with Crippen molar-refractivity contribution in [2.45, 2.75) is 19.4 Å². The number of benzene rings is 2. The summed E-state index contributed by atoms with van der Waals surface area (Å²) in [5, 5.41) is 2.52. The molecule has 15 heavy (non-hydrogen) atoms. The summed E-state index contributed by atoms with van der Waals surface area (Å²) in [6, 6.07) is 13.0. The Balaban J connectivity index is 2.50. The molecule has 0 aliphatic carbocycles. The van der Waals surface area contributed by atoms with Crippen molar-refractivity contribution in [2.75, 3.05) is 0 Å². The molecular formula is C13H14BrN. The second-order valence-corrected chi connectivity index (χ2v) is 4.83.